The second-order valence-corrected chi connectivity index (χ2v) is 3.98. The molecule has 3 fully saturated rings. The fourth-order valence-electron chi connectivity index (χ4n) is 0.745. The Morgan fingerprint density at radius 3 is 2.62 bits per heavy atom. The molecule has 0 amide bonds. The minimum atomic E-state index is -3.49. The quantitative estimate of drug-likeness (QED) is 0.505. The van der Waals surface area contributed by atoms with Crippen molar-refractivity contribution in [2.45, 2.75) is 13.8 Å². The lowest BCUT2D eigenvalue weighted by molar-refractivity contribution is -0.352. The highest BCUT2D eigenvalue weighted by Gasteiger charge is 2.56. The van der Waals surface area contributed by atoms with Gasteiger partial charge in [0.2, 0.25) is 0 Å². The fraction of sp³-hybridized carbons (Fsp3) is 0.500. The molecule has 0 aromatic rings. The van der Waals surface area contributed by atoms with E-state index in [-0.39, 0.29) is 5.96 Å². The van der Waals surface area contributed by atoms with Crippen LogP contribution in [0.25, 0.3) is 0 Å². The first-order valence-electron chi connectivity index (χ1n) is 3.40. The molecule has 0 aliphatic carbocycles. The van der Waals surface area contributed by atoms with E-state index in [4.69, 9.17) is 5.41 Å². The lowest BCUT2D eigenvalue weighted by Crippen LogP contribution is -2.52. The maximum Gasteiger partial charge on any atom is 0.545 e. The third-order valence-electron chi connectivity index (χ3n) is 1.17. The van der Waals surface area contributed by atoms with Crippen molar-refractivity contribution in [2.75, 3.05) is 0 Å². The van der Waals surface area contributed by atoms with Crippen LogP contribution in [0, 0.1) is 5.41 Å². The van der Waals surface area contributed by atoms with Crippen LogP contribution >= 0.6 is 7.82 Å². The molecule has 0 spiro atoms. The Labute approximate surface area is 73.6 Å². The molecule has 3 saturated heterocycles. The number of hydrogen-bond donors (Lipinski definition) is 1. The Hall–Kier alpha value is -0.950. The van der Waals surface area contributed by atoms with Crippen molar-refractivity contribution in [3.8, 4) is 0 Å². The van der Waals surface area contributed by atoms with E-state index in [1.165, 1.54) is 0 Å². The molecule has 0 radical (unpaired) electrons. The first-order chi connectivity index (χ1) is 6.00. The molecule has 3 rings (SSSR count). The molecule has 3 aliphatic rings. The van der Waals surface area contributed by atoms with Gasteiger partial charge in [-0.05, 0) is 13.8 Å². The maximum absolute atomic E-state index is 11.1. The molecule has 0 unspecified atom stereocenters. The summed E-state index contributed by atoms with van der Waals surface area (Å²) in [5.41, 5.74) is 0.653. The molecule has 9 heteroatoms. The summed E-state index contributed by atoms with van der Waals surface area (Å²) in [5, 5.41) is 12.6. The van der Waals surface area contributed by atoms with Crippen LogP contribution in [0.15, 0.2) is 5.10 Å². The van der Waals surface area contributed by atoms with Gasteiger partial charge >= 0.3 is 7.82 Å². The van der Waals surface area contributed by atoms with Crippen molar-refractivity contribution in [2.24, 2.45) is 5.10 Å². The fourth-order valence-corrected chi connectivity index (χ4v) is 1.64. The van der Waals surface area contributed by atoms with E-state index in [1.54, 1.807) is 13.8 Å². The average Bonchev–Trinajstić information content (AvgIpc) is 1.93. The van der Waals surface area contributed by atoms with E-state index in [2.05, 4.69) is 19.0 Å². The van der Waals surface area contributed by atoms with Crippen LogP contribution in [-0.2, 0) is 18.4 Å². The van der Waals surface area contributed by atoms with Gasteiger partial charge in [-0.1, -0.05) is 10.4 Å². The Morgan fingerprint density at radius 2 is 2.08 bits per heavy atom. The van der Waals surface area contributed by atoms with Gasteiger partial charge in [0, 0.05) is 5.71 Å². The summed E-state index contributed by atoms with van der Waals surface area (Å²) in [4.78, 5) is 0. The van der Waals surface area contributed by atoms with Crippen molar-refractivity contribution < 1.29 is 18.4 Å². The zero-order chi connectivity index (χ0) is 9.64. The number of guanidine groups is 1. The predicted molar refractivity (Wildman–Crippen MR) is 41.0 cm³/mol. The normalized spacial score (nSPS) is 31.4. The monoisotopic (exact) mass is 206 g/mol. The summed E-state index contributed by atoms with van der Waals surface area (Å²) in [5.74, 6) is -0.279. The smallest absolute Gasteiger partial charge is 0.262 e. The van der Waals surface area contributed by atoms with E-state index >= 15 is 0 Å². The highest BCUT2D eigenvalue weighted by Crippen LogP contribution is 2.63. The third kappa shape index (κ3) is 1.33. The third-order valence-corrected chi connectivity index (χ3v) is 2.22. The number of fused-ring (bicyclic) bond motifs is 2. The van der Waals surface area contributed by atoms with E-state index in [9.17, 15) is 4.57 Å². The van der Waals surface area contributed by atoms with Crippen LogP contribution in [-0.4, -0.2) is 22.1 Å². The SMILES string of the molecule is CC(C)=NN1OP2(=O)ON(O2)C1=N. The summed E-state index contributed by atoms with van der Waals surface area (Å²) in [6.07, 6.45) is 0. The minimum Gasteiger partial charge on any atom is -0.262 e. The molecule has 0 saturated carbocycles. The summed E-state index contributed by atoms with van der Waals surface area (Å²) < 4.78 is 24.8. The Balaban J connectivity index is 2.18. The van der Waals surface area contributed by atoms with Gasteiger partial charge in [-0.3, -0.25) is 5.41 Å². The molecule has 8 nitrogen and oxygen atoms in total. The van der Waals surface area contributed by atoms with Gasteiger partial charge in [0.1, 0.15) is 0 Å². The van der Waals surface area contributed by atoms with E-state index in [1.807, 2.05) is 0 Å². The lowest BCUT2D eigenvalue weighted by atomic mass is 10.5. The molecule has 13 heavy (non-hydrogen) atoms. The van der Waals surface area contributed by atoms with Gasteiger partial charge in [-0.2, -0.15) is 5.10 Å². The molecule has 0 aromatic carbocycles. The number of phosphoric acid groups is 1. The molecular weight excluding hydrogens is 199 g/mol. The van der Waals surface area contributed by atoms with Crippen LogP contribution < -0.4 is 0 Å². The molecule has 2 bridgehead atoms. The van der Waals surface area contributed by atoms with Gasteiger partial charge in [-0.15, -0.1) is 13.9 Å². The summed E-state index contributed by atoms with van der Waals surface area (Å²) in [7, 11) is -3.49. The molecule has 72 valence electrons. The van der Waals surface area contributed by atoms with Crippen LogP contribution in [0.2, 0.25) is 0 Å². The summed E-state index contributed by atoms with van der Waals surface area (Å²) in [6.45, 7) is 3.42. The minimum absolute atomic E-state index is 0.279. The standard InChI is InChI=1S/C4H7N4O4P/c1-3(2)6-7-4(5)8-11-13(9,10-7)12-8/h5H,1-2H3. The molecule has 0 aromatic heterocycles. The van der Waals surface area contributed by atoms with E-state index in [0.717, 1.165) is 5.17 Å². The number of hydrogen-bond acceptors (Lipinski definition) is 6. The van der Waals surface area contributed by atoms with Crippen molar-refractivity contribution >= 4 is 19.5 Å². The first-order valence-corrected chi connectivity index (χ1v) is 4.86. The molecule has 3 heterocycles. The largest absolute Gasteiger partial charge is 0.545 e. The van der Waals surface area contributed by atoms with Crippen LogP contribution in [0.1, 0.15) is 13.8 Å². The Bertz CT molecular complexity index is 327. The first kappa shape index (κ1) is 8.64. The molecular formula is C4H7N4O4P. The molecule has 0 atom stereocenters. The molecule has 3 aliphatic heterocycles. The van der Waals surface area contributed by atoms with Gasteiger partial charge in [-0.25, -0.2) is 4.57 Å². The average molecular weight is 206 g/mol. The zero-order valence-corrected chi connectivity index (χ0v) is 7.82. The maximum atomic E-state index is 11.1. The Kier molecular flexibility index (Phi) is 1.67. The van der Waals surface area contributed by atoms with Gasteiger partial charge in [0.25, 0.3) is 5.96 Å². The highest BCUT2D eigenvalue weighted by molar-refractivity contribution is 7.49. The van der Waals surface area contributed by atoms with Gasteiger partial charge in [0.15, 0.2) is 0 Å². The van der Waals surface area contributed by atoms with Gasteiger partial charge in [0.05, 0.1) is 0 Å². The van der Waals surface area contributed by atoms with Crippen LogP contribution in [0.4, 0.5) is 0 Å². The van der Waals surface area contributed by atoms with E-state index < -0.39 is 7.82 Å². The zero-order valence-electron chi connectivity index (χ0n) is 6.92. The highest BCUT2D eigenvalue weighted by atomic mass is 31.2. The van der Waals surface area contributed by atoms with Crippen LogP contribution in [0.3, 0.4) is 0 Å². The number of hydroxylamine groups is 3. The molecule has 1 N–H and O–H groups in total. The van der Waals surface area contributed by atoms with Crippen LogP contribution in [0.5, 0.6) is 0 Å². The Morgan fingerprint density at radius 1 is 1.46 bits per heavy atom. The second-order valence-electron chi connectivity index (χ2n) is 2.59. The summed E-state index contributed by atoms with van der Waals surface area (Å²) >= 11 is 0. The van der Waals surface area contributed by atoms with Crippen molar-refractivity contribution in [1.82, 2.24) is 10.4 Å². The number of nitrogens with zero attached hydrogens (tertiary/aromatic N) is 3. The number of hydrazone groups is 1. The number of rotatable bonds is 1. The number of nitrogens with one attached hydrogen (secondary N) is 1. The topological polar surface area (TPSA) is 87.4 Å². The van der Waals surface area contributed by atoms with Crippen molar-refractivity contribution in [1.29, 1.82) is 5.41 Å². The lowest BCUT2D eigenvalue weighted by Gasteiger charge is -2.42. The van der Waals surface area contributed by atoms with Crippen molar-refractivity contribution in [3.63, 3.8) is 0 Å². The van der Waals surface area contributed by atoms with E-state index in [0.29, 0.717) is 10.9 Å². The van der Waals surface area contributed by atoms with Gasteiger partial charge < -0.3 is 0 Å². The second kappa shape index (κ2) is 2.52. The summed E-state index contributed by atoms with van der Waals surface area (Å²) in [6, 6.07) is 0. The predicted octanol–water partition coefficient (Wildman–Crippen LogP) is 0.851. The van der Waals surface area contributed by atoms with Crippen molar-refractivity contribution in [3.05, 3.63) is 0 Å².